The molecule has 1 heterocycles. The van der Waals surface area contributed by atoms with Gasteiger partial charge in [-0.05, 0) is 11.4 Å². The molecule has 0 N–H and O–H groups in total. The summed E-state index contributed by atoms with van der Waals surface area (Å²) in [5.41, 5.74) is 0.690. The zero-order chi connectivity index (χ0) is 12.1. The molecular formula is C13H12O2S2. The van der Waals surface area contributed by atoms with Crippen LogP contribution in [-0.2, 0) is 10.8 Å². The fraction of sp³-hybridized carbons (Fsp3) is 0.154. The van der Waals surface area contributed by atoms with Crippen LogP contribution in [-0.4, -0.2) is 15.7 Å². The molecule has 0 saturated heterocycles. The van der Waals surface area contributed by atoms with Crippen LogP contribution in [0.15, 0.2) is 52.1 Å². The minimum Gasteiger partial charge on any atom is -0.294 e. The highest BCUT2D eigenvalue weighted by Crippen LogP contribution is 2.15. The first-order valence-electron chi connectivity index (χ1n) is 5.27. The van der Waals surface area contributed by atoms with Gasteiger partial charge in [-0.1, -0.05) is 36.4 Å². The summed E-state index contributed by atoms with van der Waals surface area (Å²) in [6.45, 7) is 0. The minimum absolute atomic E-state index is 0.0514. The van der Waals surface area contributed by atoms with Gasteiger partial charge in [0.25, 0.3) is 0 Å². The van der Waals surface area contributed by atoms with E-state index < -0.39 is 10.8 Å². The van der Waals surface area contributed by atoms with E-state index in [1.807, 2.05) is 35.7 Å². The molecule has 2 nitrogen and oxygen atoms in total. The van der Waals surface area contributed by atoms with Crippen molar-refractivity contribution < 1.29 is 9.00 Å². The van der Waals surface area contributed by atoms with E-state index in [2.05, 4.69) is 0 Å². The predicted molar refractivity (Wildman–Crippen MR) is 71.0 cm³/mol. The van der Waals surface area contributed by atoms with Crippen LogP contribution in [0.25, 0.3) is 0 Å². The molecule has 0 saturated carbocycles. The summed E-state index contributed by atoms with van der Waals surface area (Å²) in [6, 6.07) is 12.8. The average Bonchev–Trinajstić information content (AvgIpc) is 2.90. The summed E-state index contributed by atoms with van der Waals surface area (Å²) in [7, 11) is -1.05. The summed E-state index contributed by atoms with van der Waals surface area (Å²) in [5.74, 6) is 0.448. The first-order valence-corrected chi connectivity index (χ1v) is 7.47. The van der Waals surface area contributed by atoms with Crippen LogP contribution in [0.3, 0.4) is 0 Å². The molecule has 2 aromatic rings. The lowest BCUT2D eigenvalue weighted by Gasteiger charge is -2.00. The van der Waals surface area contributed by atoms with Gasteiger partial charge < -0.3 is 0 Å². The van der Waals surface area contributed by atoms with Crippen LogP contribution in [0.2, 0.25) is 0 Å². The number of ketones is 1. The zero-order valence-electron chi connectivity index (χ0n) is 9.17. The summed E-state index contributed by atoms with van der Waals surface area (Å²) >= 11 is 1.47. The lowest BCUT2D eigenvalue weighted by atomic mass is 10.1. The van der Waals surface area contributed by atoms with Crippen molar-refractivity contribution in [2.75, 3.05) is 5.75 Å². The van der Waals surface area contributed by atoms with E-state index in [0.717, 1.165) is 4.21 Å². The van der Waals surface area contributed by atoms with Gasteiger partial charge in [-0.25, -0.2) is 0 Å². The Labute approximate surface area is 107 Å². The van der Waals surface area contributed by atoms with E-state index in [0.29, 0.717) is 17.7 Å². The Morgan fingerprint density at radius 1 is 1.12 bits per heavy atom. The smallest absolute Gasteiger partial charge is 0.163 e. The number of Topliss-reactive ketones (excluding diaryl/α,β-unsaturated/α-hetero) is 1. The molecule has 0 bridgehead atoms. The third kappa shape index (κ3) is 3.35. The fourth-order valence-corrected chi connectivity index (χ4v) is 3.54. The molecule has 1 aromatic heterocycles. The van der Waals surface area contributed by atoms with Crippen molar-refractivity contribution in [2.24, 2.45) is 0 Å². The van der Waals surface area contributed by atoms with E-state index >= 15 is 0 Å². The highest BCUT2D eigenvalue weighted by atomic mass is 32.2. The Kier molecular flexibility index (Phi) is 4.23. The molecule has 2 rings (SSSR count). The lowest BCUT2D eigenvalue weighted by Crippen LogP contribution is -2.05. The maximum atomic E-state index is 11.8. The minimum atomic E-state index is -1.05. The van der Waals surface area contributed by atoms with Crippen molar-refractivity contribution in [2.45, 2.75) is 10.6 Å². The van der Waals surface area contributed by atoms with E-state index in [-0.39, 0.29) is 5.78 Å². The Balaban J connectivity index is 1.91. The average molecular weight is 264 g/mol. The van der Waals surface area contributed by atoms with Crippen LogP contribution in [0, 0.1) is 0 Å². The number of benzene rings is 1. The second-order valence-corrected chi connectivity index (χ2v) is 6.27. The van der Waals surface area contributed by atoms with Crippen LogP contribution in [0.1, 0.15) is 16.8 Å². The molecule has 0 amide bonds. The summed E-state index contributed by atoms with van der Waals surface area (Å²) in [6.07, 6.45) is 0.328. The Bertz CT molecular complexity index is 503. The molecule has 0 fully saturated rings. The molecule has 0 radical (unpaired) electrons. The summed E-state index contributed by atoms with van der Waals surface area (Å²) < 4.78 is 12.6. The highest BCUT2D eigenvalue weighted by molar-refractivity contribution is 7.87. The normalized spacial score (nSPS) is 12.2. The standard InChI is InChI=1S/C13H12O2S2/c14-12(11-5-2-1-3-6-11)8-10-17(15)13-7-4-9-16-13/h1-7,9H,8,10H2. The number of carbonyl (C=O) groups is 1. The van der Waals surface area contributed by atoms with Crippen molar-refractivity contribution in [3.63, 3.8) is 0 Å². The number of thiophene rings is 1. The highest BCUT2D eigenvalue weighted by Gasteiger charge is 2.09. The van der Waals surface area contributed by atoms with Gasteiger partial charge in [0.2, 0.25) is 0 Å². The Morgan fingerprint density at radius 3 is 2.53 bits per heavy atom. The zero-order valence-corrected chi connectivity index (χ0v) is 10.8. The van der Waals surface area contributed by atoms with Gasteiger partial charge in [0.1, 0.15) is 0 Å². The molecular weight excluding hydrogens is 252 g/mol. The Hall–Kier alpha value is -1.26. The first-order chi connectivity index (χ1) is 8.27. The van der Waals surface area contributed by atoms with Crippen molar-refractivity contribution >= 4 is 27.9 Å². The molecule has 1 unspecified atom stereocenters. The quantitative estimate of drug-likeness (QED) is 0.778. The second kappa shape index (κ2) is 5.89. The number of hydrogen-bond donors (Lipinski definition) is 0. The molecule has 4 heteroatoms. The fourth-order valence-electron chi connectivity index (χ4n) is 1.45. The van der Waals surface area contributed by atoms with Crippen molar-refractivity contribution in [1.29, 1.82) is 0 Å². The van der Waals surface area contributed by atoms with Crippen LogP contribution < -0.4 is 0 Å². The molecule has 88 valence electrons. The van der Waals surface area contributed by atoms with Gasteiger partial charge in [-0.3, -0.25) is 9.00 Å². The van der Waals surface area contributed by atoms with Gasteiger partial charge >= 0.3 is 0 Å². The van der Waals surface area contributed by atoms with Gasteiger partial charge in [0, 0.05) is 17.7 Å². The lowest BCUT2D eigenvalue weighted by molar-refractivity contribution is 0.0989. The van der Waals surface area contributed by atoms with E-state index in [1.54, 1.807) is 12.1 Å². The van der Waals surface area contributed by atoms with Gasteiger partial charge in [-0.15, -0.1) is 11.3 Å². The number of rotatable bonds is 5. The van der Waals surface area contributed by atoms with Crippen molar-refractivity contribution in [1.82, 2.24) is 0 Å². The number of carbonyl (C=O) groups excluding carboxylic acids is 1. The third-order valence-electron chi connectivity index (χ3n) is 2.33. The van der Waals surface area contributed by atoms with Crippen molar-refractivity contribution in [3.8, 4) is 0 Å². The largest absolute Gasteiger partial charge is 0.294 e. The molecule has 0 spiro atoms. The number of hydrogen-bond acceptors (Lipinski definition) is 3. The maximum absolute atomic E-state index is 11.8. The molecule has 1 aromatic carbocycles. The molecule has 0 aliphatic rings. The van der Waals surface area contributed by atoms with Crippen LogP contribution in [0.4, 0.5) is 0 Å². The topological polar surface area (TPSA) is 34.1 Å². The molecule has 0 aliphatic carbocycles. The first kappa shape index (κ1) is 12.2. The van der Waals surface area contributed by atoms with Gasteiger partial charge in [0.15, 0.2) is 5.78 Å². The van der Waals surface area contributed by atoms with E-state index in [1.165, 1.54) is 11.3 Å². The van der Waals surface area contributed by atoms with Crippen LogP contribution >= 0.6 is 11.3 Å². The molecule has 0 aliphatic heterocycles. The van der Waals surface area contributed by atoms with Crippen LogP contribution in [0.5, 0.6) is 0 Å². The maximum Gasteiger partial charge on any atom is 0.163 e. The summed E-state index contributed by atoms with van der Waals surface area (Å²) in [4.78, 5) is 11.8. The monoisotopic (exact) mass is 264 g/mol. The van der Waals surface area contributed by atoms with Gasteiger partial charge in [0.05, 0.1) is 15.0 Å². The van der Waals surface area contributed by atoms with E-state index in [4.69, 9.17) is 0 Å². The van der Waals surface area contributed by atoms with Crippen molar-refractivity contribution in [3.05, 3.63) is 53.4 Å². The predicted octanol–water partition coefficient (Wildman–Crippen LogP) is 3.13. The molecule has 17 heavy (non-hydrogen) atoms. The molecule has 1 atom stereocenters. The third-order valence-corrected chi connectivity index (χ3v) is 5.00. The van der Waals surface area contributed by atoms with E-state index in [9.17, 15) is 9.00 Å². The Morgan fingerprint density at radius 2 is 1.88 bits per heavy atom. The SMILES string of the molecule is O=C(CCS(=O)c1cccs1)c1ccccc1. The summed E-state index contributed by atoms with van der Waals surface area (Å²) in [5, 5.41) is 1.90. The van der Waals surface area contributed by atoms with Gasteiger partial charge in [-0.2, -0.15) is 0 Å². The second-order valence-electron chi connectivity index (χ2n) is 3.52.